The number of carbonyl (C=O) groups excluding carboxylic acids is 1. The first-order valence-electron chi connectivity index (χ1n) is 8.04. The van der Waals surface area contributed by atoms with Crippen molar-refractivity contribution in [2.75, 3.05) is 13.3 Å². The highest BCUT2D eigenvalue weighted by molar-refractivity contribution is 7.90. The van der Waals surface area contributed by atoms with Crippen LogP contribution in [0.25, 0.3) is 0 Å². The van der Waals surface area contributed by atoms with Crippen LogP contribution < -0.4 is 5.32 Å². The van der Waals surface area contributed by atoms with E-state index in [0.29, 0.717) is 6.54 Å². The molecule has 0 fully saturated rings. The van der Waals surface area contributed by atoms with E-state index in [4.69, 9.17) is 0 Å². The number of hydrogen-bond acceptors (Lipinski definition) is 3. The second kappa shape index (κ2) is 7.70. The summed E-state index contributed by atoms with van der Waals surface area (Å²) in [6.07, 6.45) is 1.17. The molecular formula is C19H24N2O3S. The zero-order valence-electron chi connectivity index (χ0n) is 15.0. The molecule has 0 saturated carbocycles. The molecule has 2 rings (SSSR count). The summed E-state index contributed by atoms with van der Waals surface area (Å²) in [6, 6.07) is 14.1. The van der Waals surface area contributed by atoms with Gasteiger partial charge in [-0.25, -0.2) is 13.2 Å². The van der Waals surface area contributed by atoms with Crippen LogP contribution in [0.2, 0.25) is 0 Å². The number of benzene rings is 2. The third-order valence-electron chi connectivity index (χ3n) is 4.16. The number of nitrogens with one attached hydrogen (secondary N) is 1. The van der Waals surface area contributed by atoms with Crippen LogP contribution in [0.4, 0.5) is 4.79 Å². The molecule has 5 nitrogen and oxygen atoms in total. The van der Waals surface area contributed by atoms with E-state index in [1.54, 1.807) is 36.2 Å². The lowest BCUT2D eigenvalue weighted by atomic mass is 10.1. The summed E-state index contributed by atoms with van der Waals surface area (Å²) in [6.45, 7) is 4.42. The first-order valence-corrected chi connectivity index (χ1v) is 9.94. The third-order valence-corrected chi connectivity index (χ3v) is 5.29. The summed E-state index contributed by atoms with van der Waals surface area (Å²) in [7, 11) is -1.46. The summed E-state index contributed by atoms with van der Waals surface area (Å²) < 4.78 is 23.0. The van der Waals surface area contributed by atoms with E-state index in [-0.39, 0.29) is 17.0 Å². The fourth-order valence-corrected chi connectivity index (χ4v) is 3.13. The molecule has 0 aliphatic rings. The number of hydrogen-bond donors (Lipinski definition) is 1. The summed E-state index contributed by atoms with van der Waals surface area (Å²) in [5.41, 5.74) is 3.10. The predicted molar refractivity (Wildman–Crippen MR) is 99.1 cm³/mol. The van der Waals surface area contributed by atoms with Crippen LogP contribution in [0.5, 0.6) is 0 Å². The Labute approximate surface area is 149 Å². The molecule has 0 heterocycles. The average molecular weight is 360 g/mol. The fourth-order valence-electron chi connectivity index (χ4n) is 2.50. The molecule has 2 amide bonds. The molecule has 0 radical (unpaired) electrons. The van der Waals surface area contributed by atoms with Crippen LogP contribution in [0.3, 0.4) is 0 Å². The first-order chi connectivity index (χ1) is 11.7. The lowest BCUT2D eigenvalue weighted by Crippen LogP contribution is -2.38. The van der Waals surface area contributed by atoms with E-state index >= 15 is 0 Å². The Balaban J connectivity index is 2.00. The van der Waals surface area contributed by atoms with E-state index in [0.717, 1.165) is 16.7 Å². The molecule has 0 spiro atoms. The second-order valence-corrected chi connectivity index (χ2v) is 8.31. The van der Waals surface area contributed by atoms with Crippen molar-refractivity contribution in [1.82, 2.24) is 10.2 Å². The van der Waals surface area contributed by atoms with Crippen LogP contribution in [0.15, 0.2) is 53.4 Å². The minimum Gasteiger partial charge on any atom is -0.331 e. The Bertz CT molecular complexity index is 845. The number of aryl methyl sites for hydroxylation is 1. The highest BCUT2D eigenvalue weighted by Crippen LogP contribution is 2.17. The van der Waals surface area contributed by atoms with Gasteiger partial charge in [-0.15, -0.1) is 0 Å². The van der Waals surface area contributed by atoms with Gasteiger partial charge in [0, 0.05) is 19.8 Å². The Kier molecular flexibility index (Phi) is 5.85. The van der Waals surface area contributed by atoms with E-state index in [1.807, 2.05) is 38.1 Å². The molecule has 2 aromatic carbocycles. The van der Waals surface area contributed by atoms with Crippen LogP contribution in [-0.2, 0) is 16.4 Å². The van der Waals surface area contributed by atoms with Crippen LogP contribution >= 0.6 is 0 Å². The molecule has 0 aliphatic carbocycles. The van der Waals surface area contributed by atoms with Gasteiger partial charge < -0.3 is 10.2 Å². The van der Waals surface area contributed by atoms with Gasteiger partial charge >= 0.3 is 6.03 Å². The second-order valence-electron chi connectivity index (χ2n) is 6.29. The SMILES string of the molecule is Cc1ccccc1CN(C)C(=O)NC(C)c1ccc(S(C)(=O)=O)cc1. The lowest BCUT2D eigenvalue weighted by molar-refractivity contribution is 0.203. The van der Waals surface area contributed by atoms with Crippen LogP contribution in [0, 0.1) is 6.92 Å². The van der Waals surface area contributed by atoms with Crippen LogP contribution in [0.1, 0.15) is 29.7 Å². The molecule has 1 N–H and O–H groups in total. The number of nitrogens with zero attached hydrogens (tertiary/aromatic N) is 1. The molecule has 0 aliphatic heterocycles. The Morgan fingerprint density at radius 2 is 1.72 bits per heavy atom. The van der Waals surface area contributed by atoms with Gasteiger partial charge in [0.15, 0.2) is 9.84 Å². The number of carbonyl (C=O) groups is 1. The number of sulfone groups is 1. The van der Waals surface area contributed by atoms with Crippen molar-refractivity contribution in [2.45, 2.75) is 31.3 Å². The standard InChI is InChI=1S/C19H24N2O3S/c1-14-7-5-6-8-17(14)13-21(3)19(22)20-15(2)16-9-11-18(12-10-16)25(4,23)24/h5-12,15H,13H2,1-4H3,(H,20,22). The minimum absolute atomic E-state index is 0.178. The van der Waals surface area contributed by atoms with Gasteiger partial charge in [0.2, 0.25) is 0 Å². The summed E-state index contributed by atoms with van der Waals surface area (Å²) in [4.78, 5) is 14.3. The smallest absolute Gasteiger partial charge is 0.317 e. The molecule has 1 unspecified atom stereocenters. The molecule has 134 valence electrons. The van der Waals surface area contributed by atoms with Crippen LogP contribution in [-0.4, -0.2) is 32.7 Å². The van der Waals surface area contributed by atoms with Gasteiger partial charge in [-0.2, -0.15) is 0 Å². The van der Waals surface area contributed by atoms with Gasteiger partial charge in [0.25, 0.3) is 0 Å². The summed E-state index contributed by atoms with van der Waals surface area (Å²) in [5, 5.41) is 2.93. The van der Waals surface area contributed by atoms with Gasteiger partial charge in [-0.05, 0) is 42.7 Å². The predicted octanol–water partition coefficient (Wildman–Crippen LogP) is 3.30. The van der Waals surface area contributed by atoms with Crippen molar-refractivity contribution < 1.29 is 13.2 Å². The number of rotatable bonds is 5. The molecule has 6 heteroatoms. The van der Waals surface area contributed by atoms with Crippen molar-refractivity contribution in [2.24, 2.45) is 0 Å². The first kappa shape index (κ1) is 19.0. The fraction of sp³-hybridized carbons (Fsp3) is 0.316. The molecule has 0 bridgehead atoms. The van der Waals surface area contributed by atoms with E-state index in [2.05, 4.69) is 5.32 Å². The molecule has 1 atom stereocenters. The molecule has 25 heavy (non-hydrogen) atoms. The normalized spacial score (nSPS) is 12.5. The van der Waals surface area contributed by atoms with Gasteiger partial charge in [-0.3, -0.25) is 0 Å². The van der Waals surface area contributed by atoms with Crippen molar-refractivity contribution >= 4 is 15.9 Å². The minimum atomic E-state index is -3.22. The summed E-state index contributed by atoms with van der Waals surface area (Å²) in [5.74, 6) is 0. The third kappa shape index (κ3) is 5.06. The lowest BCUT2D eigenvalue weighted by Gasteiger charge is -2.22. The zero-order valence-corrected chi connectivity index (χ0v) is 15.8. The van der Waals surface area contributed by atoms with Gasteiger partial charge in [0.05, 0.1) is 10.9 Å². The Hall–Kier alpha value is -2.34. The largest absolute Gasteiger partial charge is 0.331 e. The van der Waals surface area contributed by atoms with Gasteiger partial charge in [-0.1, -0.05) is 36.4 Å². The zero-order chi connectivity index (χ0) is 18.6. The number of amides is 2. The van der Waals surface area contributed by atoms with E-state index in [1.165, 1.54) is 6.26 Å². The molecule has 0 aromatic heterocycles. The van der Waals surface area contributed by atoms with Gasteiger partial charge in [0.1, 0.15) is 0 Å². The van der Waals surface area contributed by atoms with Crippen molar-refractivity contribution in [3.05, 3.63) is 65.2 Å². The summed E-state index contributed by atoms with van der Waals surface area (Å²) >= 11 is 0. The maximum absolute atomic E-state index is 12.4. The maximum atomic E-state index is 12.4. The number of urea groups is 1. The Morgan fingerprint density at radius 1 is 1.12 bits per heavy atom. The molecule has 0 saturated heterocycles. The molecule has 2 aromatic rings. The average Bonchev–Trinajstić information content (AvgIpc) is 2.56. The highest BCUT2D eigenvalue weighted by Gasteiger charge is 2.15. The highest BCUT2D eigenvalue weighted by atomic mass is 32.2. The van der Waals surface area contributed by atoms with Crippen molar-refractivity contribution in [3.63, 3.8) is 0 Å². The van der Waals surface area contributed by atoms with E-state index in [9.17, 15) is 13.2 Å². The van der Waals surface area contributed by atoms with Crippen molar-refractivity contribution in [1.29, 1.82) is 0 Å². The quantitative estimate of drug-likeness (QED) is 0.890. The Morgan fingerprint density at radius 3 is 2.28 bits per heavy atom. The van der Waals surface area contributed by atoms with Crippen molar-refractivity contribution in [3.8, 4) is 0 Å². The molecular weight excluding hydrogens is 336 g/mol. The monoisotopic (exact) mass is 360 g/mol. The maximum Gasteiger partial charge on any atom is 0.317 e. The van der Waals surface area contributed by atoms with E-state index < -0.39 is 9.84 Å². The topological polar surface area (TPSA) is 66.5 Å².